The molecule has 0 saturated heterocycles. The molecule has 0 saturated carbocycles. The van der Waals surface area contributed by atoms with Gasteiger partial charge in [-0.05, 0) is 17.5 Å². The summed E-state index contributed by atoms with van der Waals surface area (Å²) in [6.07, 6.45) is 3.28. The largest absolute Gasteiger partial charge is 0.389 e. The fourth-order valence-electron chi connectivity index (χ4n) is 2.18. The van der Waals surface area contributed by atoms with Crippen molar-refractivity contribution in [3.63, 3.8) is 0 Å². The minimum Gasteiger partial charge on any atom is -0.389 e. The second-order valence-electron chi connectivity index (χ2n) is 4.05. The lowest BCUT2D eigenvalue weighted by atomic mass is 9.95. The summed E-state index contributed by atoms with van der Waals surface area (Å²) >= 11 is 0. The predicted molar refractivity (Wildman–Crippen MR) is 54.1 cm³/mol. The van der Waals surface area contributed by atoms with Gasteiger partial charge in [-0.3, -0.25) is 0 Å². The number of aliphatic hydroxyl groups is 1. The van der Waals surface area contributed by atoms with Gasteiger partial charge in [-0.1, -0.05) is 24.3 Å². The van der Waals surface area contributed by atoms with E-state index in [4.69, 9.17) is 0 Å². The minimum atomic E-state index is -0.676. The lowest BCUT2D eigenvalue weighted by Crippen LogP contribution is -2.29. The second-order valence-corrected chi connectivity index (χ2v) is 4.05. The molecule has 2 nitrogen and oxygen atoms in total. The summed E-state index contributed by atoms with van der Waals surface area (Å²) in [5, 5.41) is 10.2. The molecule has 1 aromatic carbocycles. The van der Waals surface area contributed by atoms with E-state index in [0.29, 0.717) is 25.7 Å². The van der Waals surface area contributed by atoms with Gasteiger partial charge in [0.2, 0.25) is 0 Å². The molecular formula is C12H14O2. The Morgan fingerprint density at radius 1 is 1.29 bits per heavy atom. The van der Waals surface area contributed by atoms with E-state index in [1.165, 1.54) is 11.1 Å². The molecule has 2 rings (SSSR count). The number of fused-ring (bicyclic) bond motifs is 1. The first kappa shape index (κ1) is 9.41. The van der Waals surface area contributed by atoms with Crippen molar-refractivity contribution in [1.29, 1.82) is 0 Å². The average Bonchev–Trinajstić information content (AvgIpc) is 2.51. The molecule has 0 heterocycles. The van der Waals surface area contributed by atoms with Gasteiger partial charge in [0.25, 0.3) is 0 Å². The van der Waals surface area contributed by atoms with Crippen molar-refractivity contribution in [2.75, 3.05) is 0 Å². The number of hydrogen-bond donors (Lipinski definition) is 1. The molecule has 74 valence electrons. The number of carbonyl (C=O) groups is 1. The standard InChI is InChI=1S/C12H14O2/c13-7-3-6-12(14)8-10-4-1-2-5-11(10)9-12/h1-2,4-5,7,14H,3,6,8-9H2. The first-order valence-corrected chi connectivity index (χ1v) is 4.96. The van der Waals surface area contributed by atoms with Gasteiger partial charge in [-0.25, -0.2) is 0 Å². The number of hydrogen-bond acceptors (Lipinski definition) is 2. The third-order valence-corrected chi connectivity index (χ3v) is 2.88. The molecule has 0 atom stereocenters. The van der Waals surface area contributed by atoms with Crippen LogP contribution in [0.1, 0.15) is 24.0 Å². The van der Waals surface area contributed by atoms with Crippen molar-refractivity contribution in [2.45, 2.75) is 31.3 Å². The zero-order chi connectivity index (χ0) is 10.0. The van der Waals surface area contributed by atoms with Crippen LogP contribution in [-0.2, 0) is 17.6 Å². The summed E-state index contributed by atoms with van der Waals surface area (Å²) < 4.78 is 0. The van der Waals surface area contributed by atoms with Crippen LogP contribution in [0.4, 0.5) is 0 Å². The van der Waals surface area contributed by atoms with Crippen molar-refractivity contribution in [3.8, 4) is 0 Å². The SMILES string of the molecule is O=CCCC1(O)Cc2ccccc2C1. The van der Waals surface area contributed by atoms with E-state index in [0.717, 1.165) is 6.29 Å². The van der Waals surface area contributed by atoms with E-state index in [1.54, 1.807) is 0 Å². The maximum atomic E-state index is 10.3. The topological polar surface area (TPSA) is 37.3 Å². The Balaban J connectivity index is 2.13. The Kier molecular flexibility index (Phi) is 2.38. The van der Waals surface area contributed by atoms with Crippen LogP contribution in [0.5, 0.6) is 0 Å². The molecule has 1 aromatic rings. The molecule has 1 aliphatic rings. The molecule has 2 heteroatoms. The van der Waals surface area contributed by atoms with Crippen molar-refractivity contribution in [1.82, 2.24) is 0 Å². The highest BCUT2D eigenvalue weighted by Crippen LogP contribution is 2.32. The number of rotatable bonds is 3. The Bertz CT molecular complexity index is 319. The third-order valence-electron chi connectivity index (χ3n) is 2.88. The van der Waals surface area contributed by atoms with Crippen LogP contribution in [0.3, 0.4) is 0 Å². The van der Waals surface area contributed by atoms with E-state index in [1.807, 2.05) is 24.3 Å². The van der Waals surface area contributed by atoms with E-state index in [-0.39, 0.29) is 0 Å². The maximum Gasteiger partial charge on any atom is 0.120 e. The first-order valence-electron chi connectivity index (χ1n) is 4.96. The van der Waals surface area contributed by atoms with Gasteiger partial charge < -0.3 is 9.90 Å². The van der Waals surface area contributed by atoms with Crippen LogP contribution < -0.4 is 0 Å². The smallest absolute Gasteiger partial charge is 0.120 e. The quantitative estimate of drug-likeness (QED) is 0.733. The summed E-state index contributed by atoms with van der Waals surface area (Å²) in [4.78, 5) is 10.3. The van der Waals surface area contributed by atoms with Crippen LogP contribution in [0.15, 0.2) is 24.3 Å². The molecule has 1 N–H and O–H groups in total. The van der Waals surface area contributed by atoms with E-state index in [2.05, 4.69) is 0 Å². The van der Waals surface area contributed by atoms with Crippen LogP contribution >= 0.6 is 0 Å². The summed E-state index contributed by atoms with van der Waals surface area (Å²) in [5.41, 5.74) is 1.77. The average molecular weight is 190 g/mol. The minimum absolute atomic E-state index is 0.449. The van der Waals surface area contributed by atoms with Gasteiger partial charge in [-0.2, -0.15) is 0 Å². The molecule has 0 radical (unpaired) electrons. The molecule has 0 amide bonds. The first-order chi connectivity index (χ1) is 6.73. The highest BCUT2D eigenvalue weighted by molar-refractivity contribution is 5.49. The molecule has 0 bridgehead atoms. The van der Waals surface area contributed by atoms with Crippen molar-refractivity contribution >= 4 is 6.29 Å². The summed E-state index contributed by atoms with van der Waals surface area (Å²) in [6, 6.07) is 8.08. The summed E-state index contributed by atoms with van der Waals surface area (Å²) in [5.74, 6) is 0. The van der Waals surface area contributed by atoms with Gasteiger partial charge in [0.1, 0.15) is 6.29 Å². The number of aldehydes is 1. The Morgan fingerprint density at radius 3 is 2.36 bits per heavy atom. The molecule has 0 aliphatic heterocycles. The zero-order valence-electron chi connectivity index (χ0n) is 8.07. The van der Waals surface area contributed by atoms with Crippen LogP contribution in [-0.4, -0.2) is 17.0 Å². The van der Waals surface area contributed by atoms with Gasteiger partial charge in [-0.15, -0.1) is 0 Å². The molecule has 14 heavy (non-hydrogen) atoms. The highest BCUT2D eigenvalue weighted by atomic mass is 16.3. The number of carbonyl (C=O) groups excluding carboxylic acids is 1. The molecule has 0 fully saturated rings. The van der Waals surface area contributed by atoms with Gasteiger partial charge in [0.15, 0.2) is 0 Å². The van der Waals surface area contributed by atoms with E-state index in [9.17, 15) is 9.90 Å². The maximum absolute atomic E-state index is 10.3. The molecule has 0 aromatic heterocycles. The lowest BCUT2D eigenvalue weighted by molar-refractivity contribution is -0.109. The zero-order valence-corrected chi connectivity index (χ0v) is 8.07. The van der Waals surface area contributed by atoms with Crippen LogP contribution in [0.2, 0.25) is 0 Å². The predicted octanol–water partition coefficient (Wildman–Crippen LogP) is 1.50. The van der Waals surface area contributed by atoms with E-state index >= 15 is 0 Å². The molecule has 0 unspecified atom stereocenters. The Hall–Kier alpha value is -1.15. The fraction of sp³-hybridized carbons (Fsp3) is 0.417. The normalized spacial score (nSPS) is 17.8. The van der Waals surface area contributed by atoms with Gasteiger partial charge in [0, 0.05) is 19.3 Å². The molecular weight excluding hydrogens is 176 g/mol. The van der Waals surface area contributed by atoms with Crippen molar-refractivity contribution in [2.24, 2.45) is 0 Å². The lowest BCUT2D eigenvalue weighted by Gasteiger charge is -2.20. The molecule has 1 aliphatic carbocycles. The van der Waals surface area contributed by atoms with Gasteiger partial charge >= 0.3 is 0 Å². The number of benzene rings is 1. The van der Waals surface area contributed by atoms with Gasteiger partial charge in [0.05, 0.1) is 5.60 Å². The highest BCUT2D eigenvalue weighted by Gasteiger charge is 2.33. The van der Waals surface area contributed by atoms with Crippen LogP contribution in [0, 0.1) is 0 Å². The Labute approximate surface area is 83.6 Å². The third kappa shape index (κ3) is 1.70. The molecule has 0 spiro atoms. The van der Waals surface area contributed by atoms with E-state index < -0.39 is 5.60 Å². The van der Waals surface area contributed by atoms with Crippen molar-refractivity contribution in [3.05, 3.63) is 35.4 Å². The van der Waals surface area contributed by atoms with Crippen molar-refractivity contribution < 1.29 is 9.90 Å². The fourth-order valence-corrected chi connectivity index (χ4v) is 2.18. The van der Waals surface area contributed by atoms with Crippen LogP contribution in [0.25, 0.3) is 0 Å². The monoisotopic (exact) mass is 190 g/mol. The summed E-state index contributed by atoms with van der Waals surface area (Å²) in [6.45, 7) is 0. The Morgan fingerprint density at radius 2 is 1.86 bits per heavy atom. The second kappa shape index (κ2) is 3.54. The summed E-state index contributed by atoms with van der Waals surface area (Å²) in [7, 11) is 0.